The van der Waals surface area contributed by atoms with Crippen LogP contribution < -0.4 is 10.0 Å². The Kier molecular flexibility index (Phi) is 3.98. The summed E-state index contributed by atoms with van der Waals surface area (Å²) in [5.41, 5.74) is 2.17. The van der Waals surface area contributed by atoms with Gasteiger partial charge in [0.05, 0.1) is 4.90 Å². The van der Waals surface area contributed by atoms with Crippen molar-refractivity contribution in [2.24, 2.45) is 0 Å². The molecule has 0 amide bonds. The van der Waals surface area contributed by atoms with Crippen molar-refractivity contribution in [1.29, 1.82) is 0 Å². The van der Waals surface area contributed by atoms with E-state index in [0.717, 1.165) is 44.3 Å². The third-order valence-corrected chi connectivity index (χ3v) is 5.80. The Labute approximate surface area is 121 Å². The van der Waals surface area contributed by atoms with Crippen molar-refractivity contribution < 1.29 is 8.42 Å². The van der Waals surface area contributed by atoms with Gasteiger partial charge in [-0.3, -0.25) is 0 Å². The van der Waals surface area contributed by atoms with Crippen LogP contribution in [-0.4, -0.2) is 21.0 Å². The lowest BCUT2D eigenvalue weighted by Crippen LogP contribution is -2.34. The summed E-state index contributed by atoms with van der Waals surface area (Å²) in [6.45, 7) is 0.898. The predicted molar refractivity (Wildman–Crippen MR) is 80.4 cm³/mol. The van der Waals surface area contributed by atoms with Gasteiger partial charge in [0, 0.05) is 18.3 Å². The fraction of sp³-hybridized carbons (Fsp3) is 0.600. The highest BCUT2D eigenvalue weighted by Crippen LogP contribution is 2.26. The topological polar surface area (TPSA) is 58.2 Å². The Hall–Kier alpha value is -1.07. The molecule has 20 heavy (non-hydrogen) atoms. The molecular weight excluding hydrogens is 272 g/mol. The molecule has 0 unspecified atom stereocenters. The minimum absolute atomic E-state index is 0.101. The normalized spacial score (nSPS) is 20.2. The molecule has 4 nitrogen and oxygen atoms in total. The first-order chi connectivity index (χ1) is 9.65. The molecule has 1 aromatic carbocycles. The third kappa shape index (κ3) is 2.99. The van der Waals surface area contributed by atoms with Crippen LogP contribution in [-0.2, 0) is 16.4 Å². The van der Waals surface area contributed by atoms with Crippen LogP contribution in [0.25, 0.3) is 0 Å². The first kappa shape index (κ1) is 13.9. The summed E-state index contributed by atoms with van der Waals surface area (Å²) in [7, 11) is -3.39. The zero-order valence-corrected chi connectivity index (χ0v) is 12.5. The fourth-order valence-corrected chi connectivity index (χ4v) is 4.45. The van der Waals surface area contributed by atoms with E-state index in [0.29, 0.717) is 4.90 Å². The summed E-state index contributed by atoms with van der Waals surface area (Å²) in [4.78, 5) is 0.384. The number of sulfonamides is 1. The largest absolute Gasteiger partial charge is 0.384 e. The molecule has 1 saturated carbocycles. The Morgan fingerprint density at radius 3 is 2.60 bits per heavy atom. The van der Waals surface area contributed by atoms with Crippen molar-refractivity contribution in [2.75, 3.05) is 11.9 Å². The van der Waals surface area contributed by atoms with Gasteiger partial charge < -0.3 is 5.32 Å². The van der Waals surface area contributed by atoms with Crippen LogP contribution in [0.3, 0.4) is 0 Å². The predicted octanol–water partition coefficient (Wildman–Crippen LogP) is 2.66. The fourth-order valence-electron chi connectivity index (χ4n) is 3.12. The molecule has 1 aromatic rings. The van der Waals surface area contributed by atoms with Gasteiger partial charge in [-0.2, -0.15) is 0 Å². The van der Waals surface area contributed by atoms with E-state index in [1.807, 2.05) is 6.07 Å². The molecule has 1 fully saturated rings. The summed E-state index contributed by atoms with van der Waals surface area (Å²) >= 11 is 0. The van der Waals surface area contributed by atoms with Crippen molar-refractivity contribution in [3.8, 4) is 0 Å². The number of nitrogens with one attached hydrogen (secondary N) is 2. The third-order valence-electron chi connectivity index (χ3n) is 4.28. The molecule has 0 saturated heterocycles. The molecule has 2 N–H and O–H groups in total. The highest BCUT2D eigenvalue weighted by molar-refractivity contribution is 7.89. The summed E-state index contributed by atoms with van der Waals surface area (Å²) in [6.07, 6.45) is 7.59. The van der Waals surface area contributed by atoms with Crippen LogP contribution >= 0.6 is 0 Å². The Morgan fingerprint density at radius 2 is 1.85 bits per heavy atom. The zero-order chi connectivity index (χ0) is 14.0. The number of fused-ring (bicyclic) bond motifs is 1. The van der Waals surface area contributed by atoms with Crippen molar-refractivity contribution in [2.45, 2.75) is 55.9 Å². The van der Waals surface area contributed by atoms with E-state index < -0.39 is 10.0 Å². The van der Waals surface area contributed by atoms with Gasteiger partial charge in [0.15, 0.2) is 0 Å². The van der Waals surface area contributed by atoms with Gasteiger partial charge in [0.2, 0.25) is 10.0 Å². The van der Waals surface area contributed by atoms with E-state index in [1.165, 1.54) is 18.4 Å². The number of benzene rings is 1. The molecule has 2 aliphatic rings. The second-order valence-corrected chi connectivity index (χ2v) is 7.52. The summed E-state index contributed by atoms with van der Waals surface area (Å²) in [5, 5.41) is 3.23. The first-order valence-electron chi connectivity index (χ1n) is 7.54. The van der Waals surface area contributed by atoms with Gasteiger partial charge in [-0.05, 0) is 37.0 Å². The van der Waals surface area contributed by atoms with Crippen molar-refractivity contribution in [1.82, 2.24) is 4.72 Å². The molecule has 3 rings (SSSR count). The molecule has 110 valence electrons. The van der Waals surface area contributed by atoms with E-state index in [4.69, 9.17) is 0 Å². The van der Waals surface area contributed by atoms with Gasteiger partial charge in [0.25, 0.3) is 0 Å². The molecule has 5 heteroatoms. The molecule has 0 spiro atoms. The molecular formula is C15H22N2O2S. The van der Waals surface area contributed by atoms with Gasteiger partial charge in [-0.15, -0.1) is 0 Å². The van der Waals surface area contributed by atoms with Crippen LogP contribution in [0.2, 0.25) is 0 Å². The minimum Gasteiger partial charge on any atom is -0.384 e. The number of rotatable bonds is 3. The van der Waals surface area contributed by atoms with E-state index in [2.05, 4.69) is 10.0 Å². The van der Waals surface area contributed by atoms with Crippen LogP contribution in [0.4, 0.5) is 5.69 Å². The van der Waals surface area contributed by atoms with Crippen LogP contribution in [0, 0.1) is 0 Å². The summed E-state index contributed by atoms with van der Waals surface area (Å²) in [5.74, 6) is 0. The van der Waals surface area contributed by atoms with E-state index in [1.54, 1.807) is 12.1 Å². The first-order valence-corrected chi connectivity index (χ1v) is 9.03. The Balaban J connectivity index is 1.77. The lowest BCUT2D eigenvalue weighted by Gasteiger charge is -2.16. The molecule has 1 aliphatic carbocycles. The van der Waals surface area contributed by atoms with Gasteiger partial charge in [-0.1, -0.05) is 31.7 Å². The monoisotopic (exact) mass is 294 g/mol. The summed E-state index contributed by atoms with van der Waals surface area (Å²) in [6, 6.07) is 5.52. The van der Waals surface area contributed by atoms with E-state index in [-0.39, 0.29) is 6.04 Å². The molecule has 0 radical (unpaired) electrons. The second-order valence-electron chi connectivity index (χ2n) is 5.81. The zero-order valence-electron chi connectivity index (χ0n) is 11.7. The highest BCUT2D eigenvalue weighted by atomic mass is 32.2. The number of anilines is 1. The SMILES string of the molecule is O=S(=O)(NC1CCCCCC1)c1ccc2c(c1)NCC2. The number of hydrogen-bond donors (Lipinski definition) is 2. The standard InChI is InChI=1S/C15H22N2O2S/c18-20(19,17-13-5-3-1-2-4-6-13)14-8-7-12-9-10-16-15(12)11-14/h7-8,11,13,16-17H,1-6,9-10H2. The van der Waals surface area contributed by atoms with Gasteiger partial charge in [0.1, 0.15) is 0 Å². The average molecular weight is 294 g/mol. The van der Waals surface area contributed by atoms with Gasteiger partial charge >= 0.3 is 0 Å². The van der Waals surface area contributed by atoms with Crippen LogP contribution in [0.5, 0.6) is 0 Å². The molecule has 1 heterocycles. The van der Waals surface area contributed by atoms with E-state index in [9.17, 15) is 8.42 Å². The lowest BCUT2D eigenvalue weighted by atomic mass is 10.1. The van der Waals surface area contributed by atoms with Crippen LogP contribution in [0.1, 0.15) is 44.1 Å². The Bertz CT molecular complexity index is 576. The molecule has 1 aliphatic heterocycles. The lowest BCUT2D eigenvalue weighted by molar-refractivity contribution is 0.510. The van der Waals surface area contributed by atoms with Crippen molar-refractivity contribution >= 4 is 15.7 Å². The highest BCUT2D eigenvalue weighted by Gasteiger charge is 2.22. The second kappa shape index (κ2) is 5.74. The summed E-state index contributed by atoms with van der Waals surface area (Å²) < 4.78 is 27.8. The maximum Gasteiger partial charge on any atom is 0.240 e. The minimum atomic E-state index is -3.39. The quantitative estimate of drug-likeness (QED) is 0.843. The maximum absolute atomic E-state index is 12.5. The Morgan fingerprint density at radius 1 is 1.10 bits per heavy atom. The van der Waals surface area contributed by atoms with Crippen molar-refractivity contribution in [3.05, 3.63) is 23.8 Å². The van der Waals surface area contributed by atoms with Crippen molar-refractivity contribution in [3.63, 3.8) is 0 Å². The average Bonchev–Trinajstić information content (AvgIpc) is 2.75. The van der Waals surface area contributed by atoms with E-state index >= 15 is 0 Å². The molecule has 0 atom stereocenters. The number of hydrogen-bond acceptors (Lipinski definition) is 3. The molecule has 0 aromatic heterocycles. The van der Waals surface area contributed by atoms with Gasteiger partial charge in [-0.25, -0.2) is 13.1 Å². The maximum atomic E-state index is 12.5. The molecule has 0 bridgehead atoms. The smallest absolute Gasteiger partial charge is 0.240 e. The van der Waals surface area contributed by atoms with Crippen LogP contribution in [0.15, 0.2) is 23.1 Å².